The van der Waals surface area contributed by atoms with Gasteiger partial charge in [-0.3, -0.25) is 0 Å². The Bertz CT molecular complexity index is 6110. The van der Waals surface area contributed by atoms with Crippen molar-refractivity contribution in [1.82, 2.24) is 0 Å². The summed E-state index contributed by atoms with van der Waals surface area (Å²) in [6, 6.07) is 120. The van der Waals surface area contributed by atoms with Crippen molar-refractivity contribution in [3.8, 4) is 89.0 Å². The summed E-state index contributed by atoms with van der Waals surface area (Å²) in [5.74, 6) is 0. The molecule has 0 saturated carbocycles. The van der Waals surface area contributed by atoms with Crippen LogP contribution in [0.25, 0.3) is 198 Å². The number of hydrogen-bond acceptors (Lipinski definition) is 2. The fraction of sp³-hybridized carbons (Fsp3) is 0. The maximum atomic E-state index is 7.24. The molecule has 92 heavy (non-hydrogen) atoms. The monoisotopic (exact) mass is 1170 g/mol. The lowest BCUT2D eigenvalue weighted by Crippen LogP contribution is -1.94. The second-order valence-electron chi connectivity index (χ2n) is 24.4. The van der Waals surface area contributed by atoms with E-state index >= 15 is 0 Å². The van der Waals surface area contributed by atoms with Crippen molar-refractivity contribution >= 4 is 109 Å². The smallest absolute Gasteiger partial charge is 0.136 e. The largest absolute Gasteiger partial charge is 0.456 e. The summed E-state index contributed by atoms with van der Waals surface area (Å²) in [5.41, 5.74) is 22.1. The van der Waals surface area contributed by atoms with Crippen LogP contribution in [0.5, 0.6) is 0 Å². The van der Waals surface area contributed by atoms with Crippen LogP contribution >= 0.6 is 0 Å². The Kier molecular flexibility index (Phi) is 11.7. The van der Waals surface area contributed by atoms with E-state index in [-0.39, 0.29) is 0 Å². The SMILES string of the molecule is c1ccc(-c2ccc(-c3ccccc3)c(-c3c4ccccc4c(-c4cccc5oc6cc(-c7cccc(-c8ccc9oc%10ccc%11ccccc%11c%10c9c8-c8c9ccccc9c(-c9ccccc9)c9ccccc89)c7)c7ccccc7c6c45)c4ccccc34)c2)cc1. The molecule has 0 unspecified atom stereocenters. The van der Waals surface area contributed by atoms with Gasteiger partial charge in [0.05, 0.1) is 0 Å². The van der Waals surface area contributed by atoms with Crippen molar-refractivity contribution in [3.05, 3.63) is 328 Å². The van der Waals surface area contributed by atoms with Gasteiger partial charge in [-0.1, -0.05) is 291 Å². The van der Waals surface area contributed by atoms with Gasteiger partial charge in [-0.25, -0.2) is 0 Å². The van der Waals surface area contributed by atoms with Crippen molar-refractivity contribution < 1.29 is 8.83 Å². The molecule has 0 aliphatic rings. The van der Waals surface area contributed by atoms with Gasteiger partial charge in [0.2, 0.25) is 0 Å². The highest BCUT2D eigenvalue weighted by atomic mass is 16.3. The number of hydrogen-bond donors (Lipinski definition) is 0. The summed E-state index contributed by atoms with van der Waals surface area (Å²) in [7, 11) is 0. The molecule has 0 radical (unpaired) electrons. The Morgan fingerprint density at radius 2 is 0.587 bits per heavy atom. The minimum absolute atomic E-state index is 0.845. The molecule has 19 rings (SSSR count). The molecule has 0 atom stereocenters. The highest BCUT2D eigenvalue weighted by Gasteiger charge is 2.27. The minimum Gasteiger partial charge on any atom is -0.456 e. The average Bonchev–Trinajstić information content (AvgIpc) is 1.29. The predicted molar refractivity (Wildman–Crippen MR) is 390 cm³/mol. The van der Waals surface area contributed by atoms with E-state index in [9.17, 15) is 0 Å². The molecule has 0 aliphatic carbocycles. The third-order valence-electron chi connectivity index (χ3n) is 19.4. The summed E-state index contributed by atoms with van der Waals surface area (Å²) in [4.78, 5) is 0. The summed E-state index contributed by atoms with van der Waals surface area (Å²) in [6.07, 6.45) is 0. The van der Waals surface area contributed by atoms with Gasteiger partial charge in [0.25, 0.3) is 0 Å². The molecule has 2 heterocycles. The Hall–Kier alpha value is -12.1. The maximum absolute atomic E-state index is 7.24. The van der Waals surface area contributed by atoms with Crippen LogP contribution in [-0.4, -0.2) is 0 Å². The molecule has 2 nitrogen and oxygen atoms in total. The third-order valence-corrected chi connectivity index (χ3v) is 19.4. The first kappa shape index (κ1) is 51.9. The van der Waals surface area contributed by atoms with Gasteiger partial charge in [-0.2, -0.15) is 0 Å². The van der Waals surface area contributed by atoms with E-state index in [1.165, 1.54) is 109 Å². The van der Waals surface area contributed by atoms with Crippen LogP contribution in [0.3, 0.4) is 0 Å². The van der Waals surface area contributed by atoms with Crippen LogP contribution in [-0.2, 0) is 0 Å². The molecule has 0 amide bonds. The second kappa shape index (κ2) is 20.8. The van der Waals surface area contributed by atoms with Crippen molar-refractivity contribution in [2.24, 2.45) is 0 Å². The van der Waals surface area contributed by atoms with Crippen LogP contribution in [0.15, 0.2) is 336 Å². The van der Waals surface area contributed by atoms with E-state index < -0.39 is 0 Å². The normalized spacial score (nSPS) is 11.9. The fourth-order valence-electron chi connectivity index (χ4n) is 15.6. The van der Waals surface area contributed by atoms with Crippen LogP contribution < -0.4 is 0 Å². The highest BCUT2D eigenvalue weighted by molar-refractivity contribution is 6.33. The zero-order chi connectivity index (χ0) is 60.4. The van der Waals surface area contributed by atoms with Gasteiger partial charge in [-0.15, -0.1) is 0 Å². The van der Waals surface area contributed by atoms with Gasteiger partial charge in [0.15, 0.2) is 0 Å². The standard InChI is InChI=1S/C90H54O2/c1-4-24-55(25-5-1)59-46-48-62(56-26-6-2-7-27-56)77(53-59)84-71-40-18-16-38-69(71)83(70-39-17-19-41-72(70)84)75-44-23-45-78-88(75)87-66-35-13-12-34-65(66)76(54-81(87)92-78)61-32-22-31-60(52-61)64-49-51-80-90(86-63-33-11-10-28-57(63)47-50-79(86)91-80)89(64)85-73-42-20-14-36-67(73)82(58-29-8-3-9-30-58)68-37-15-21-43-74(68)85/h1-54H. The Labute approximate surface area is 530 Å². The molecule has 0 bridgehead atoms. The minimum atomic E-state index is 0.845. The molecule has 17 aromatic carbocycles. The van der Waals surface area contributed by atoms with E-state index in [2.05, 4.69) is 328 Å². The van der Waals surface area contributed by atoms with Gasteiger partial charge in [0, 0.05) is 27.1 Å². The average molecular weight is 1170 g/mol. The zero-order valence-electron chi connectivity index (χ0n) is 50.0. The van der Waals surface area contributed by atoms with E-state index in [1.807, 2.05) is 0 Å². The quantitative estimate of drug-likeness (QED) is 0.142. The number of benzene rings is 17. The predicted octanol–water partition coefficient (Wildman–Crippen LogP) is 25.7. The number of furan rings is 2. The molecule has 0 N–H and O–H groups in total. The zero-order valence-corrected chi connectivity index (χ0v) is 50.0. The lowest BCUT2D eigenvalue weighted by atomic mass is 9.81. The third kappa shape index (κ3) is 7.94. The van der Waals surface area contributed by atoms with Crippen LogP contribution in [0.4, 0.5) is 0 Å². The van der Waals surface area contributed by atoms with Gasteiger partial charge < -0.3 is 8.83 Å². The Balaban J connectivity index is 0.838. The molecule has 2 aromatic heterocycles. The Morgan fingerprint density at radius 1 is 0.152 bits per heavy atom. The summed E-state index contributed by atoms with van der Waals surface area (Å²) in [5, 5.41) is 18.6. The van der Waals surface area contributed by atoms with Gasteiger partial charge in [-0.05, 0) is 184 Å². The van der Waals surface area contributed by atoms with Crippen molar-refractivity contribution in [2.45, 2.75) is 0 Å². The van der Waals surface area contributed by atoms with E-state index in [1.54, 1.807) is 0 Å². The number of rotatable bonds is 8. The first-order valence-electron chi connectivity index (χ1n) is 31.7. The molecular formula is C90H54O2. The topological polar surface area (TPSA) is 26.3 Å². The molecule has 19 aromatic rings. The van der Waals surface area contributed by atoms with Crippen molar-refractivity contribution in [2.75, 3.05) is 0 Å². The molecule has 2 heteroatoms. The van der Waals surface area contributed by atoms with Crippen LogP contribution in [0.1, 0.15) is 0 Å². The Morgan fingerprint density at radius 3 is 1.23 bits per heavy atom. The lowest BCUT2D eigenvalue weighted by Gasteiger charge is -2.21. The molecule has 0 saturated heterocycles. The van der Waals surface area contributed by atoms with E-state index in [4.69, 9.17) is 8.83 Å². The fourth-order valence-corrected chi connectivity index (χ4v) is 15.6. The summed E-state index contributed by atoms with van der Waals surface area (Å²) in [6.45, 7) is 0. The van der Waals surface area contributed by atoms with Crippen molar-refractivity contribution in [3.63, 3.8) is 0 Å². The van der Waals surface area contributed by atoms with Crippen molar-refractivity contribution in [1.29, 1.82) is 0 Å². The number of fused-ring (bicyclic) bond motifs is 14. The van der Waals surface area contributed by atoms with E-state index in [0.717, 1.165) is 88.0 Å². The molecule has 0 spiro atoms. The van der Waals surface area contributed by atoms with E-state index in [0.29, 0.717) is 0 Å². The molecule has 0 fully saturated rings. The second-order valence-corrected chi connectivity index (χ2v) is 24.4. The first-order valence-corrected chi connectivity index (χ1v) is 31.7. The highest BCUT2D eigenvalue weighted by Crippen LogP contribution is 2.54. The molecule has 0 aliphatic heterocycles. The maximum Gasteiger partial charge on any atom is 0.136 e. The summed E-state index contributed by atoms with van der Waals surface area (Å²) < 4.78 is 14.2. The van der Waals surface area contributed by atoms with Gasteiger partial charge in [0.1, 0.15) is 22.3 Å². The van der Waals surface area contributed by atoms with Crippen LogP contribution in [0.2, 0.25) is 0 Å². The van der Waals surface area contributed by atoms with Gasteiger partial charge >= 0.3 is 0 Å². The lowest BCUT2D eigenvalue weighted by molar-refractivity contribution is 0.669. The molecule has 426 valence electrons. The van der Waals surface area contributed by atoms with Crippen LogP contribution in [0, 0.1) is 0 Å². The first-order chi connectivity index (χ1) is 45.7. The summed E-state index contributed by atoms with van der Waals surface area (Å²) >= 11 is 0. The molecular weight excluding hydrogens is 1110 g/mol.